The Morgan fingerprint density at radius 2 is 2.10 bits per heavy atom. The van der Waals surface area contributed by atoms with Crippen LogP contribution in [0.25, 0.3) is 0 Å². The van der Waals surface area contributed by atoms with Crippen molar-refractivity contribution in [2.75, 3.05) is 6.54 Å². The van der Waals surface area contributed by atoms with E-state index in [2.05, 4.69) is 4.98 Å². The number of aryl methyl sites for hydroxylation is 1. The largest absolute Gasteiger partial charge is 0.481 e. The van der Waals surface area contributed by atoms with E-state index in [4.69, 9.17) is 0 Å². The summed E-state index contributed by atoms with van der Waals surface area (Å²) in [5, 5.41) is 9.33. The van der Waals surface area contributed by atoms with Gasteiger partial charge in [-0.15, -0.1) is 0 Å². The molecule has 1 N–H and O–H groups in total. The highest BCUT2D eigenvalue weighted by Gasteiger charge is 2.41. The van der Waals surface area contributed by atoms with Gasteiger partial charge in [-0.2, -0.15) is 0 Å². The Kier molecular flexibility index (Phi) is 4.98. The van der Waals surface area contributed by atoms with Gasteiger partial charge in [0, 0.05) is 37.9 Å². The van der Waals surface area contributed by atoms with Gasteiger partial charge in [0.25, 0.3) is 0 Å². The predicted octanol–water partition coefficient (Wildman–Crippen LogP) is 1.62. The summed E-state index contributed by atoms with van der Waals surface area (Å²) in [7, 11) is 0. The van der Waals surface area contributed by atoms with Crippen molar-refractivity contribution in [3.8, 4) is 0 Å². The first-order chi connectivity index (χ1) is 10.0. The smallest absolute Gasteiger partial charge is 0.308 e. The molecule has 3 unspecified atom stereocenters. The number of aromatic nitrogens is 2. The average Bonchev–Trinajstić information content (AvgIpc) is 2.89. The fourth-order valence-electron chi connectivity index (χ4n) is 3.19. The zero-order chi connectivity index (χ0) is 15.4. The summed E-state index contributed by atoms with van der Waals surface area (Å²) in [6.45, 7) is 5.20. The Morgan fingerprint density at radius 1 is 1.38 bits per heavy atom. The molecule has 0 bridgehead atoms. The van der Waals surface area contributed by atoms with E-state index in [0.29, 0.717) is 13.0 Å². The number of hydrogen-bond donors (Lipinski definition) is 1. The Bertz CT molecular complexity index is 486. The number of carbonyl (C=O) groups excluding carboxylic acids is 1. The maximum atomic E-state index is 12.1. The molecule has 6 heteroatoms. The predicted molar refractivity (Wildman–Crippen MR) is 77.5 cm³/mol. The number of hydrogen-bond acceptors (Lipinski definition) is 3. The molecule has 2 heterocycles. The number of imidazole rings is 1. The van der Waals surface area contributed by atoms with Crippen LogP contribution in [0.2, 0.25) is 0 Å². The van der Waals surface area contributed by atoms with Gasteiger partial charge < -0.3 is 14.6 Å². The summed E-state index contributed by atoms with van der Waals surface area (Å²) in [4.78, 5) is 29.2. The van der Waals surface area contributed by atoms with Gasteiger partial charge in [-0.3, -0.25) is 9.59 Å². The minimum atomic E-state index is -0.800. The molecule has 0 spiro atoms. The molecular weight excluding hydrogens is 270 g/mol. The van der Waals surface area contributed by atoms with E-state index in [1.165, 1.54) is 0 Å². The van der Waals surface area contributed by atoms with Gasteiger partial charge in [0.05, 0.1) is 12.2 Å². The molecule has 1 aliphatic heterocycles. The standard InChI is InChI=1S/C15H23N3O3/c1-11-9-13(19)18(12(2)14(11)15(20)21)7-4-3-6-17-8-5-16-10-17/h5,8,10-12,14H,3-4,6-7,9H2,1-2H3,(H,20,21). The van der Waals surface area contributed by atoms with Crippen molar-refractivity contribution in [1.82, 2.24) is 14.5 Å². The van der Waals surface area contributed by atoms with Crippen LogP contribution in [-0.2, 0) is 16.1 Å². The molecule has 0 radical (unpaired) electrons. The minimum Gasteiger partial charge on any atom is -0.481 e. The Hall–Kier alpha value is -1.85. The summed E-state index contributed by atoms with van der Waals surface area (Å²) >= 11 is 0. The van der Waals surface area contributed by atoms with Crippen LogP contribution in [0.15, 0.2) is 18.7 Å². The highest BCUT2D eigenvalue weighted by Crippen LogP contribution is 2.30. The Balaban J connectivity index is 1.85. The molecule has 1 aliphatic rings. The molecule has 0 aromatic carbocycles. The molecule has 3 atom stereocenters. The number of rotatable bonds is 6. The van der Waals surface area contributed by atoms with Crippen LogP contribution in [0.1, 0.15) is 33.1 Å². The maximum absolute atomic E-state index is 12.1. The van der Waals surface area contributed by atoms with E-state index in [9.17, 15) is 14.7 Å². The fraction of sp³-hybridized carbons (Fsp3) is 0.667. The molecule has 1 fully saturated rings. The van der Waals surface area contributed by atoms with Gasteiger partial charge >= 0.3 is 5.97 Å². The summed E-state index contributed by atoms with van der Waals surface area (Å²) in [5.74, 6) is -1.27. The van der Waals surface area contributed by atoms with Gasteiger partial charge in [-0.25, -0.2) is 4.98 Å². The molecule has 116 valence electrons. The van der Waals surface area contributed by atoms with Crippen molar-refractivity contribution >= 4 is 11.9 Å². The van der Waals surface area contributed by atoms with E-state index >= 15 is 0 Å². The monoisotopic (exact) mass is 293 g/mol. The van der Waals surface area contributed by atoms with Crippen LogP contribution in [0.3, 0.4) is 0 Å². The van der Waals surface area contributed by atoms with E-state index in [1.807, 2.05) is 24.6 Å². The topological polar surface area (TPSA) is 75.4 Å². The molecule has 21 heavy (non-hydrogen) atoms. The van der Waals surface area contributed by atoms with Crippen molar-refractivity contribution in [2.45, 2.75) is 45.7 Å². The van der Waals surface area contributed by atoms with Gasteiger partial charge in [-0.05, 0) is 25.7 Å². The van der Waals surface area contributed by atoms with Crippen molar-refractivity contribution in [1.29, 1.82) is 0 Å². The summed E-state index contributed by atoms with van der Waals surface area (Å²) in [6, 6.07) is -0.230. The number of carboxylic acids is 1. The summed E-state index contributed by atoms with van der Waals surface area (Å²) in [5.41, 5.74) is 0. The van der Waals surface area contributed by atoms with Crippen molar-refractivity contribution < 1.29 is 14.7 Å². The zero-order valence-corrected chi connectivity index (χ0v) is 12.6. The van der Waals surface area contributed by atoms with Crippen LogP contribution in [0.4, 0.5) is 0 Å². The van der Waals surface area contributed by atoms with Crippen LogP contribution < -0.4 is 0 Å². The number of unbranched alkanes of at least 4 members (excludes halogenated alkanes) is 1. The third-order valence-corrected chi connectivity index (χ3v) is 4.35. The second-order valence-electron chi connectivity index (χ2n) is 5.88. The van der Waals surface area contributed by atoms with E-state index in [0.717, 1.165) is 19.4 Å². The lowest BCUT2D eigenvalue weighted by atomic mass is 9.81. The fourth-order valence-corrected chi connectivity index (χ4v) is 3.19. The quantitative estimate of drug-likeness (QED) is 0.809. The first kappa shape index (κ1) is 15.5. The Morgan fingerprint density at radius 3 is 2.71 bits per heavy atom. The third kappa shape index (κ3) is 3.62. The molecule has 0 aliphatic carbocycles. The first-order valence-electron chi connectivity index (χ1n) is 7.48. The van der Waals surface area contributed by atoms with E-state index < -0.39 is 11.9 Å². The SMILES string of the molecule is CC1CC(=O)N(CCCCn2ccnc2)C(C)C1C(=O)O. The number of nitrogens with zero attached hydrogens (tertiary/aromatic N) is 3. The summed E-state index contributed by atoms with van der Waals surface area (Å²) in [6.07, 6.45) is 7.58. The van der Waals surface area contributed by atoms with Gasteiger partial charge in [0.1, 0.15) is 0 Å². The maximum Gasteiger partial charge on any atom is 0.308 e. The van der Waals surface area contributed by atoms with Crippen LogP contribution in [0.5, 0.6) is 0 Å². The number of carboxylic acid groups (broad SMARTS) is 1. The molecule has 1 saturated heterocycles. The highest BCUT2D eigenvalue weighted by atomic mass is 16.4. The summed E-state index contributed by atoms with van der Waals surface area (Å²) < 4.78 is 2.00. The lowest BCUT2D eigenvalue weighted by Gasteiger charge is -2.40. The first-order valence-corrected chi connectivity index (χ1v) is 7.48. The zero-order valence-electron chi connectivity index (χ0n) is 12.6. The molecule has 6 nitrogen and oxygen atoms in total. The van der Waals surface area contributed by atoms with E-state index in [-0.39, 0.29) is 17.9 Å². The lowest BCUT2D eigenvalue weighted by Crippen LogP contribution is -2.52. The molecular formula is C15H23N3O3. The molecule has 1 aromatic heterocycles. The van der Waals surface area contributed by atoms with E-state index in [1.54, 1.807) is 17.4 Å². The average molecular weight is 293 g/mol. The highest BCUT2D eigenvalue weighted by molar-refractivity contribution is 5.81. The van der Waals surface area contributed by atoms with Gasteiger partial charge in [-0.1, -0.05) is 6.92 Å². The molecule has 2 rings (SSSR count). The second-order valence-corrected chi connectivity index (χ2v) is 5.88. The van der Waals surface area contributed by atoms with Crippen LogP contribution >= 0.6 is 0 Å². The third-order valence-electron chi connectivity index (χ3n) is 4.35. The molecule has 1 amide bonds. The second kappa shape index (κ2) is 6.74. The van der Waals surface area contributed by atoms with Crippen molar-refractivity contribution in [3.63, 3.8) is 0 Å². The Labute approximate surface area is 124 Å². The lowest BCUT2D eigenvalue weighted by molar-refractivity contribution is -0.154. The number of likely N-dealkylation sites (tertiary alicyclic amines) is 1. The van der Waals surface area contributed by atoms with Crippen molar-refractivity contribution in [3.05, 3.63) is 18.7 Å². The number of piperidine rings is 1. The van der Waals surface area contributed by atoms with Crippen LogP contribution in [-0.4, -0.2) is 44.0 Å². The number of carbonyl (C=O) groups is 2. The number of amides is 1. The molecule has 1 aromatic rings. The van der Waals surface area contributed by atoms with Gasteiger partial charge in [0.2, 0.25) is 5.91 Å². The van der Waals surface area contributed by atoms with Crippen LogP contribution in [0, 0.1) is 11.8 Å². The minimum absolute atomic E-state index is 0.0788. The molecule has 0 saturated carbocycles. The number of aliphatic carboxylic acids is 1. The van der Waals surface area contributed by atoms with Gasteiger partial charge in [0.15, 0.2) is 0 Å². The normalized spacial score (nSPS) is 26.1. The van der Waals surface area contributed by atoms with Crippen molar-refractivity contribution in [2.24, 2.45) is 11.8 Å².